The lowest BCUT2D eigenvalue weighted by Crippen LogP contribution is -2.68. The van der Waals surface area contributed by atoms with Gasteiger partial charge in [0, 0.05) is 19.1 Å². The summed E-state index contributed by atoms with van der Waals surface area (Å²) < 4.78 is 5.27. The number of carbonyl (C=O) groups is 2. The number of methoxy groups -OCH3 is 1. The van der Waals surface area contributed by atoms with E-state index in [9.17, 15) is 9.59 Å². The molecule has 1 unspecified atom stereocenters. The standard InChI is InChI=1S/C27H32N2O3/c1-19(2)29-23(20-7-5-4-6-8-20)27(25(29)31)15-17-28(18-16-27)24(30)26(13-14-26)21-9-11-22(32-3)12-10-21/h4-12,19,23H,13-18H2,1-3H3. The van der Waals surface area contributed by atoms with E-state index in [1.54, 1.807) is 7.11 Å². The van der Waals surface area contributed by atoms with Crippen molar-refractivity contribution >= 4 is 11.8 Å². The maximum atomic E-state index is 13.6. The van der Waals surface area contributed by atoms with E-state index in [1.807, 2.05) is 40.1 Å². The van der Waals surface area contributed by atoms with Crippen LogP contribution in [0, 0.1) is 5.41 Å². The monoisotopic (exact) mass is 432 g/mol. The van der Waals surface area contributed by atoms with Gasteiger partial charge in [-0.15, -0.1) is 0 Å². The molecule has 2 heterocycles. The Balaban J connectivity index is 1.34. The molecule has 0 bridgehead atoms. The fourth-order valence-corrected chi connectivity index (χ4v) is 5.90. The van der Waals surface area contributed by atoms with Gasteiger partial charge in [-0.3, -0.25) is 9.59 Å². The summed E-state index contributed by atoms with van der Waals surface area (Å²) in [6.07, 6.45) is 3.26. The predicted octanol–water partition coefficient (Wildman–Crippen LogP) is 4.33. The molecule has 5 nitrogen and oxygen atoms in total. The van der Waals surface area contributed by atoms with E-state index >= 15 is 0 Å². The van der Waals surface area contributed by atoms with Crippen molar-refractivity contribution in [2.75, 3.05) is 20.2 Å². The van der Waals surface area contributed by atoms with Crippen LogP contribution in [-0.4, -0.2) is 47.9 Å². The van der Waals surface area contributed by atoms with Gasteiger partial charge in [0.2, 0.25) is 11.8 Å². The van der Waals surface area contributed by atoms with Gasteiger partial charge in [-0.25, -0.2) is 0 Å². The molecule has 5 heteroatoms. The zero-order valence-corrected chi connectivity index (χ0v) is 19.2. The van der Waals surface area contributed by atoms with Crippen molar-refractivity contribution in [2.24, 2.45) is 5.41 Å². The number of likely N-dealkylation sites (tertiary alicyclic amines) is 2. The third kappa shape index (κ3) is 3.05. The summed E-state index contributed by atoms with van der Waals surface area (Å²) in [6, 6.07) is 18.6. The number of rotatable bonds is 5. The lowest BCUT2D eigenvalue weighted by atomic mass is 9.61. The van der Waals surface area contributed by atoms with Crippen LogP contribution in [0.3, 0.4) is 0 Å². The third-order valence-corrected chi connectivity index (χ3v) is 7.88. The van der Waals surface area contributed by atoms with Crippen LogP contribution in [-0.2, 0) is 15.0 Å². The minimum Gasteiger partial charge on any atom is -0.497 e. The third-order valence-electron chi connectivity index (χ3n) is 7.88. The van der Waals surface area contributed by atoms with Crippen molar-refractivity contribution in [3.63, 3.8) is 0 Å². The highest BCUT2D eigenvalue weighted by molar-refractivity contribution is 5.93. The topological polar surface area (TPSA) is 49.9 Å². The van der Waals surface area contributed by atoms with Crippen LogP contribution < -0.4 is 4.74 Å². The second kappa shape index (κ2) is 7.65. The highest BCUT2D eigenvalue weighted by Gasteiger charge is 2.63. The molecule has 2 aromatic carbocycles. The Morgan fingerprint density at radius 2 is 1.59 bits per heavy atom. The largest absolute Gasteiger partial charge is 0.497 e. The zero-order chi connectivity index (χ0) is 22.5. The number of ether oxygens (including phenoxy) is 1. The SMILES string of the molecule is COc1ccc(C2(C(=O)N3CCC4(CC3)C(=O)N(C(C)C)C4c3ccccc3)CC2)cc1. The van der Waals surface area contributed by atoms with Crippen LogP contribution in [0.5, 0.6) is 5.75 Å². The van der Waals surface area contributed by atoms with Gasteiger partial charge in [0.15, 0.2) is 0 Å². The molecule has 1 atom stereocenters. The summed E-state index contributed by atoms with van der Waals surface area (Å²) in [6.45, 7) is 5.48. The fraction of sp³-hybridized carbons (Fsp3) is 0.481. The Hall–Kier alpha value is -2.82. The van der Waals surface area contributed by atoms with Gasteiger partial charge in [0.25, 0.3) is 0 Å². The zero-order valence-electron chi connectivity index (χ0n) is 19.2. The number of hydrogen-bond acceptors (Lipinski definition) is 3. The van der Waals surface area contributed by atoms with Crippen LogP contribution in [0.4, 0.5) is 0 Å². The van der Waals surface area contributed by atoms with Gasteiger partial charge in [0.1, 0.15) is 5.75 Å². The highest BCUT2D eigenvalue weighted by Crippen LogP contribution is 2.57. The normalized spacial score (nSPS) is 23.2. The highest BCUT2D eigenvalue weighted by atomic mass is 16.5. The minimum atomic E-state index is -0.386. The van der Waals surface area contributed by atoms with Gasteiger partial charge in [-0.05, 0) is 62.8 Å². The summed E-state index contributed by atoms with van der Waals surface area (Å²) in [5.41, 5.74) is 1.52. The Kier molecular flexibility index (Phi) is 5.03. The van der Waals surface area contributed by atoms with Crippen molar-refractivity contribution in [3.05, 3.63) is 65.7 Å². The predicted molar refractivity (Wildman–Crippen MR) is 123 cm³/mol. The number of hydrogen-bond donors (Lipinski definition) is 0. The minimum absolute atomic E-state index is 0.102. The summed E-state index contributed by atoms with van der Waals surface area (Å²) >= 11 is 0. The molecule has 0 aromatic heterocycles. The van der Waals surface area contributed by atoms with E-state index in [0.29, 0.717) is 13.1 Å². The first-order valence-electron chi connectivity index (χ1n) is 11.7. The van der Waals surface area contributed by atoms with Crippen LogP contribution in [0.25, 0.3) is 0 Å². The van der Waals surface area contributed by atoms with E-state index in [1.165, 1.54) is 5.56 Å². The molecule has 0 radical (unpaired) electrons. The van der Waals surface area contributed by atoms with E-state index < -0.39 is 0 Å². The number of benzene rings is 2. The molecular weight excluding hydrogens is 400 g/mol. The lowest BCUT2D eigenvalue weighted by molar-refractivity contribution is -0.186. The molecular formula is C27H32N2O3. The van der Waals surface area contributed by atoms with Crippen LogP contribution >= 0.6 is 0 Å². The Bertz CT molecular complexity index is 1000. The molecule has 32 heavy (non-hydrogen) atoms. The average Bonchev–Trinajstić information content (AvgIpc) is 3.64. The summed E-state index contributed by atoms with van der Waals surface area (Å²) in [5, 5.41) is 0. The molecule has 5 rings (SSSR count). The number of piperidine rings is 1. The lowest BCUT2D eigenvalue weighted by Gasteiger charge is -2.60. The number of nitrogens with zero attached hydrogens (tertiary/aromatic N) is 2. The molecule has 3 aliphatic rings. The quantitative estimate of drug-likeness (QED) is 0.661. The maximum Gasteiger partial charge on any atom is 0.233 e. The van der Waals surface area contributed by atoms with E-state index in [0.717, 1.165) is 37.0 Å². The number of carbonyl (C=O) groups excluding carboxylic acids is 2. The first-order chi connectivity index (χ1) is 15.4. The average molecular weight is 433 g/mol. The molecule has 2 aliphatic heterocycles. The second-order valence-corrected chi connectivity index (χ2v) is 9.88. The molecule has 3 fully saturated rings. The molecule has 1 saturated carbocycles. The summed E-state index contributed by atoms with van der Waals surface area (Å²) in [5.74, 6) is 1.29. The first-order valence-corrected chi connectivity index (χ1v) is 11.7. The molecule has 2 aromatic rings. The van der Waals surface area contributed by atoms with Gasteiger partial charge in [0.05, 0.1) is 24.0 Å². The molecule has 168 valence electrons. The molecule has 0 N–H and O–H groups in total. The van der Waals surface area contributed by atoms with Gasteiger partial charge in [-0.1, -0.05) is 42.5 Å². The number of β-lactam (4-membered cyclic amide) rings is 1. The van der Waals surface area contributed by atoms with E-state index in [4.69, 9.17) is 4.74 Å². The van der Waals surface area contributed by atoms with Crippen molar-refractivity contribution in [2.45, 2.75) is 57.0 Å². The molecule has 1 aliphatic carbocycles. The smallest absolute Gasteiger partial charge is 0.233 e. The van der Waals surface area contributed by atoms with E-state index in [-0.39, 0.29) is 34.7 Å². The fourth-order valence-electron chi connectivity index (χ4n) is 5.90. The summed E-state index contributed by atoms with van der Waals surface area (Å²) in [4.78, 5) is 30.9. The number of amides is 2. The van der Waals surface area contributed by atoms with Gasteiger partial charge in [-0.2, -0.15) is 0 Å². The molecule has 2 amide bonds. The van der Waals surface area contributed by atoms with Crippen molar-refractivity contribution in [1.82, 2.24) is 9.80 Å². The second-order valence-electron chi connectivity index (χ2n) is 9.88. The Morgan fingerprint density at radius 1 is 0.969 bits per heavy atom. The van der Waals surface area contributed by atoms with Gasteiger partial charge < -0.3 is 14.5 Å². The van der Waals surface area contributed by atoms with Gasteiger partial charge >= 0.3 is 0 Å². The van der Waals surface area contributed by atoms with Crippen LogP contribution in [0.2, 0.25) is 0 Å². The van der Waals surface area contributed by atoms with Crippen molar-refractivity contribution < 1.29 is 14.3 Å². The van der Waals surface area contributed by atoms with Crippen molar-refractivity contribution in [1.29, 1.82) is 0 Å². The van der Waals surface area contributed by atoms with Crippen LogP contribution in [0.15, 0.2) is 54.6 Å². The Labute approximate surface area is 190 Å². The molecule has 1 spiro atoms. The van der Waals surface area contributed by atoms with E-state index in [2.05, 4.69) is 38.1 Å². The Morgan fingerprint density at radius 3 is 2.12 bits per heavy atom. The first kappa shape index (κ1) is 21.0. The maximum absolute atomic E-state index is 13.6. The van der Waals surface area contributed by atoms with Crippen LogP contribution in [0.1, 0.15) is 56.7 Å². The summed E-state index contributed by atoms with van der Waals surface area (Å²) in [7, 11) is 1.65. The van der Waals surface area contributed by atoms with Crippen molar-refractivity contribution in [3.8, 4) is 5.75 Å². The molecule has 2 saturated heterocycles.